The molecule has 1 aromatic heterocycles. The summed E-state index contributed by atoms with van der Waals surface area (Å²) in [7, 11) is 1.69. The van der Waals surface area contributed by atoms with E-state index in [9.17, 15) is 0 Å². The van der Waals surface area contributed by atoms with Gasteiger partial charge in [0.25, 0.3) is 0 Å². The van der Waals surface area contributed by atoms with Crippen molar-refractivity contribution < 1.29 is 4.74 Å². The molecular formula is C17H22N2O. The molecule has 106 valence electrons. The lowest BCUT2D eigenvalue weighted by Gasteiger charge is -2.16. The summed E-state index contributed by atoms with van der Waals surface area (Å²) in [5.41, 5.74) is 11.9. The van der Waals surface area contributed by atoms with E-state index in [0.29, 0.717) is 0 Å². The van der Waals surface area contributed by atoms with Crippen molar-refractivity contribution in [3.05, 3.63) is 58.4 Å². The van der Waals surface area contributed by atoms with Crippen LogP contribution in [-0.2, 0) is 6.42 Å². The summed E-state index contributed by atoms with van der Waals surface area (Å²) in [6.07, 6.45) is 0.758. The van der Waals surface area contributed by atoms with Crippen LogP contribution in [0.4, 0.5) is 0 Å². The number of hydrogen-bond donors (Lipinski definition) is 1. The topological polar surface area (TPSA) is 48.1 Å². The van der Waals surface area contributed by atoms with Crippen LogP contribution in [0.3, 0.4) is 0 Å². The summed E-state index contributed by atoms with van der Waals surface area (Å²) in [6.45, 7) is 6.07. The van der Waals surface area contributed by atoms with E-state index in [2.05, 4.69) is 36.2 Å². The Morgan fingerprint density at radius 2 is 1.75 bits per heavy atom. The Bertz CT molecular complexity index is 588. The minimum Gasteiger partial charge on any atom is -0.496 e. The summed E-state index contributed by atoms with van der Waals surface area (Å²) in [6, 6.07) is 10.3. The third kappa shape index (κ3) is 3.36. The maximum Gasteiger partial charge on any atom is 0.122 e. The van der Waals surface area contributed by atoms with Crippen LogP contribution >= 0.6 is 0 Å². The van der Waals surface area contributed by atoms with Gasteiger partial charge in [0.1, 0.15) is 5.75 Å². The summed E-state index contributed by atoms with van der Waals surface area (Å²) in [5.74, 6) is 0.897. The summed E-state index contributed by atoms with van der Waals surface area (Å²) in [5, 5.41) is 0. The zero-order valence-electron chi connectivity index (χ0n) is 12.6. The van der Waals surface area contributed by atoms with E-state index in [1.54, 1.807) is 7.11 Å². The fourth-order valence-corrected chi connectivity index (χ4v) is 2.50. The smallest absolute Gasteiger partial charge is 0.122 e. The Morgan fingerprint density at radius 1 is 1.10 bits per heavy atom. The van der Waals surface area contributed by atoms with E-state index >= 15 is 0 Å². The molecule has 1 heterocycles. The first kappa shape index (κ1) is 14.5. The number of methoxy groups -OCH3 is 1. The van der Waals surface area contributed by atoms with Crippen molar-refractivity contribution in [3.8, 4) is 5.75 Å². The molecule has 0 aliphatic heterocycles. The van der Waals surface area contributed by atoms with Gasteiger partial charge in [0, 0.05) is 17.4 Å². The van der Waals surface area contributed by atoms with Gasteiger partial charge >= 0.3 is 0 Å². The molecule has 20 heavy (non-hydrogen) atoms. The molecule has 3 nitrogen and oxygen atoms in total. The van der Waals surface area contributed by atoms with E-state index in [1.807, 2.05) is 19.9 Å². The van der Waals surface area contributed by atoms with Crippen molar-refractivity contribution in [3.63, 3.8) is 0 Å². The van der Waals surface area contributed by atoms with Gasteiger partial charge < -0.3 is 10.5 Å². The van der Waals surface area contributed by atoms with Crippen LogP contribution in [0.25, 0.3) is 0 Å². The Kier molecular flexibility index (Phi) is 4.40. The van der Waals surface area contributed by atoms with Crippen molar-refractivity contribution in [2.45, 2.75) is 33.2 Å². The molecule has 2 rings (SSSR count). The van der Waals surface area contributed by atoms with Gasteiger partial charge in [0.05, 0.1) is 7.11 Å². The maximum absolute atomic E-state index is 6.36. The van der Waals surface area contributed by atoms with Crippen LogP contribution in [0.2, 0.25) is 0 Å². The van der Waals surface area contributed by atoms with Crippen LogP contribution < -0.4 is 10.5 Å². The highest BCUT2D eigenvalue weighted by Gasteiger charge is 2.12. The molecule has 1 unspecified atom stereocenters. The normalized spacial score (nSPS) is 12.2. The second-order valence-corrected chi connectivity index (χ2v) is 5.31. The molecule has 0 saturated carbocycles. The molecule has 0 aliphatic carbocycles. The molecule has 0 amide bonds. The highest BCUT2D eigenvalue weighted by atomic mass is 16.5. The summed E-state index contributed by atoms with van der Waals surface area (Å²) < 4.78 is 5.42. The number of nitrogens with zero attached hydrogens (tertiary/aromatic N) is 1. The van der Waals surface area contributed by atoms with Gasteiger partial charge in [-0.15, -0.1) is 0 Å². The van der Waals surface area contributed by atoms with Crippen LogP contribution in [0.5, 0.6) is 5.75 Å². The number of ether oxygens (including phenoxy) is 1. The summed E-state index contributed by atoms with van der Waals surface area (Å²) >= 11 is 0. The van der Waals surface area contributed by atoms with Crippen LogP contribution in [0.1, 0.15) is 34.1 Å². The fourth-order valence-electron chi connectivity index (χ4n) is 2.50. The Balaban J connectivity index is 2.27. The van der Waals surface area contributed by atoms with Crippen LogP contribution in [0.15, 0.2) is 30.3 Å². The quantitative estimate of drug-likeness (QED) is 0.927. The first-order valence-corrected chi connectivity index (χ1v) is 6.84. The van der Waals surface area contributed by atoms with Crippen LogP contribution in [0, 0.1) is 20.8 Å². The first-order chi connectivity index (χ1) is 9.49. The van der Waals surface area contributed by atoms with Crippen molar-refractivity contribution >= 4 is 0 Å². The number of pyridine rings is 1. The van der Waals surface area contributed by atoms with Gasteiger partial charge in [-0.1, -0.05) is 17.7 Å². The zero-order valence-corrected chi connectivity index (χ0v) is 12.6. The summed E-state index contributed by atoms with van der Waals surface area (Å²) in [4.78, 5) is 4.39. The van der Waals surface area contributed by atoms with E-state index in [1.165, 1.54) is 5.56 Å². The molecule has 0 bridgehead atoms. The molecule has 0 saturated heterocycles. The third-order valence-corrected chi connectivity index (χ3v) is 3.41. The van der Waals surface area contributed by atoms with Gasteiger partial charge in [0.15, 0.2) is 0 Å². The van der Waals surface area contributed by atoms with E-state index < -0.39 is 0 Å². The average Bonchev–Trinajstić information content (AvgIpc) is 2.37. The number of rotatable bonds is 4. The number of benzene rings is 1. The fraction of sp³-hybridized carbons (Fsp3) is 0.353. The standard InChI is InChI=1S/C17H22N2O/c1-11-5-6-17(20-4)15(7-11)10-16(18)14-8-12(2)19-13(3)9-14/h5-9,16H,10,18H2,1-4H3. The highest BCUT2D eigenvalue weighted by Crippen LogP contribution is 2.25. The molecule has 1 atom stereocenters. The maximum atomic E-state index is 6.36. The van der Waals surface area contributed by atoms with Crippen molar-refractivity contribution in [2.75, 3.05) is 7.11 Å². The Hall–Kier alpha value is -1.87. The number of nitrogens with two attached hydrogens (primary N) is 1. The Labute approximate surface area is 120 Å². The average molecular weight is 270 g/mol. The molecule has 2 aromatic rings. The lowest BCUT2D eigenvalue weighted by atomic mass is 9.97. The van der Waals surface area contributed by atoms with Gasteiger partial charge in [-0.3, -0.25) is 4.98 Å². The highest BCUT2D eigenvalue weighted by molar-refractivity contribution is 5.38. The van der Waals surface area contributed by atoms with E-state index in [4.69, 9.17) is 10.5 Å². The monoisotopic (exact) mass is 270 g/mol. The van der Waals surface area contributed by atoms with E-state index in [-0.39, 0.29) is 6.04 Å². The molecule has 3 heteroatoms. The second kappa shape index (κ2) is 6.06. The predicted molar refractivity (Wildman–Crippen MR) is 82.1 cm³/mol. The minimum absolute atomic E-state index is 0.0499. The molecule has 0 radical (unpaired) electrons. The molecule has 2 N–H and O–H groups in total. The molecule has 0 fully saturated rings. The zero-order chi connectivity index (χ0) is 14.7. The van der Waals surface area contributed by atoms with Crippen LogP contribution in [-0.4, -0.2) is 12.1 Å². The molecule has 1 aromatic carbocycles. The van der Waals surface area contributed by atoms with Gasteiger partial charge in [0.2, 0.25) is 0 Å². The van der Waals surface area contributed by atoms with Gasteiger partial charge in [-0.05, 0) is 56.5 Å². The third-order valence-electron chi connectivity index (χ3n) is 3.41. The number of hydrogen-bond acceptors (Lipinski definition) is 3. The number of aromatic nitrogens is 1. The molecular weight excluding hydrogens is 248 g/mol. The van der Waals surface area contributed by atoms with Crippen molar-refractivity contribution in [1.82, 2.24) is 4.98 Å². The van der Waals surface area contributed by atoms with Crippen molar-refractivity contribution in [2.24, 2.45) is 5.73 Å². The molecule has 0 spiro atoms. The first-order valence-electron chi connectivity index (χ1n) is 6.84. The molecule has 0 aliphatic rings. The van der Waals surface area contributed by atoms with E-state index in [0.717, 1.165) is 34.7 Å². The predicted octanol–water partition coefficient (Wildman–Crippen LogP) is 3.26. The van der Waals surface area contributed by atoms with Crippen molar-refractivity contribution in [1.29, 1.82) is 0 Å². The lowest BCUT2D eigenvalue weighted by molar-refractivity contribution is 0.408. The number of aryl methyl sites for hydroxylation is 3. The van der Waals surface area contributed by atoms with Gasteiger partial charge in [-0.2, -0.15) is 0 Å². The van der Waals surface area contributed by atoms with Gasteiger partial charge in [-0.25, -0.2) is 0 Å². The second-order valence-electron chi connectivity index (χ2n) is 5.31. The largest absolute Gasteiger partial charge is 0.496 e. The lowest BCUT2D eigenvalue weighted by Crippen LogP contribution is -2.14. The minimum atomic E-state index is -0.0499. The SMILES string of the molecule is COc1ccc(C)cc1CC(N)c1cc(C)nc(C)c1. The Morgan fingerprint density at radius 3 is 2.35 bits per heavy atom.